The molecule has 7 heteroatoms. The van der Waals surface area contributed by atoms with Crippen LogP contribution in [0.1, 0.15) is 42.3 Å². The molecule has 5 nitrogen and oxygen atoms in total. The first kappa shape index (κ1) is 25.0. The van der Waals surface area contributed by atoms with Crippen LogP contribution in [-0.2, 0) is 10.2 Å². The van der Waals surface area contributed by atoms with Crippen LogP contribution in [0.15, 0.2) is 69.6 Å². The zero-order chi connectivity index (χ0) is 24.2. The van der Waals surface area contributed by atoms with Crippen molar-refractivity contribution in [1.82, 2.24) is 0 Å². The summed E-state index contributed by atoms with van der Waals surface area (Å²) in [6, 6.07) is 18.4. The molecule has 0 radical (unpaired) electrons. The summed E-state index contributed by atoms with van der Waals surface area (Å²) in [5.41, 5.74) is 3.82. The summed E-state index contributed by atoms with van der Waals surface area (Å²) >= 11 is 6.88. The molecule has 0 aliphatic rings. The number of hydrogen-bond donors (Lipinski definition) is 2. The fourth-order valence-corrected chi connectivity index (χ4v) is 4.76. The molecule has 2 amide bonds. The highest BCUT2D eigenvalue weighted by Gasteiger charge is 2.15. The van der Waals surface area contributed by atoms with Gasteiger partial charge in [0.15, 0.2) is 6.61 Å². The summed E-state index contributed by atoms with van der Waals surface area (Å²) in [5.74, 6) is 0.107. The van der Waals surface area contributed by atoms with E-state index in [4.69, 9.17) is 4.74 Å². The number of nitrogens with one attached hydrogen (secondary N) is 2. The molecule has 0 saturated heterocycles. The summed E-state index contributed by atoms with van der Waals surface area (Å²) in [7, 11) is 0. The summed E-state index contributed by atoms with van der Waals surface area (Å²) in [6.07, 6.45) is 0. The summed E-state index contributed by atoms with van der Waals surface area (Å²) in [5, 5.41) is 5.68. The number of rotatable bonds is 6. The summed E-state index contributed by atoms with van der Waals surface area (Å²) < 4.78 is 7.38. The standard InChI is InChI=1S/C26H26Br2N2O3/c1-16-12-19(27)13-22(28)24(16)33-15-23(31)29-20-6-5-7-21(14-20)30-25(32)17-8-10-18(11-9-17)26(2,3)4/h5-14H,15H2,1-4H3,(H,29,31)(H,30,32). The molecule has 0 spiro atoms. The maximum atomic E-state index is 12.6. The van der Waals surface area contributed by atoms with E-state index in [0.717, 1.165) is 20.1 Å². The van der Waals surface area contributed by atoms with Crippen LogP contribution in [0, 0.1) is 6.92 Å². The highest BCUT2D eigenvalue weighted by atomic mass is 79.9. The molecule has 172 valence electrons. The predicted octanol–water partition coefficient (Wildman–Crippen LogP) is 7.09. The van der Waals surface area contributed by atoms with E-state index in [2.05, 4.69) is 63.3 Å². The SMILES string of the molecule is Cc1cc(Br)cc(Br)c1OCC(=O)Nc1cccc(NC(=O)c2ccc(C(C)(C)C)cc2)c1. The number of benzene rings is 3. The maximum absolute atomic E-state index is 12.6. The lowest BCUT2D eigenvalue weighted by molar-refractivity contribution is -0.118. The highest BCUT2D eigenvalue weighted by Crippen LogP contribution is 2.32. The van der Waals surface area contributed by atoms with Gasteiger partial charge in [-0.05, 0) is 81.9 Å². The second kappa shape index (κ2) is 10.5. The molecular weight excluding hydrogens is 548 g/mol. The Morgan fingerprint density at radius 2 is 1.55 bits per heavy atom. The third-order valence-corrected chi connectivity index (χ3v) is 6.01. The van der Waals surface area contributed by atoms with Crippen molar-refractivity contribution in [1.29, 1.82) is 0 Å². The Balaban J connectivity index is 1.60. The van der Waals surface area contributed by atoms with Crippen molar-refractivity contribution in [2.24, 2.45) is 0 Å². The Labute approximate surface area is 211 Å². The Kier molecular flexibility index (Phi) is 7.97. The van der Waals surface area contributed by atoms with Gasteiger partial charge in [0.05, 0.1) is 4.47 Å². The molecule has 0 saturated carbocycles. The average Bonchev–Trinajstić information content (AvgIpc) is 2.72. The van der Waals surface area contributed by atoms with Crippen molar-refractivity contribution in [2.75, 3.05) is 17.2 Å². The fraction of sp³-hybridized carbons (Fsp3) is 0.231. The van der Waals surface area contributed by atoms with Crippen molar-refractivity contribution in [3.8, 4) is 5.75 Å². The smallest absolute Gasteiger partial charge is 0.262 e. The monoisotopic (exact) mass is 572 g/mol. The van der Waals surface area contributed by atoms with Gasteiger partial charge in [0.25, 0.3) is 11.8 Å². The third-order valence-electron chi connectivity index (χ3n) is 4.96. The van der Waals surface area contributed by atoms with E-state index >= 15 is 0 Å². The van der Waals surface area contributed by atoms with E-state index in [1.807, 2.05) is 43.3 Å². The molecule has 0 atom stereocenters. The predicted molar refractivity (Wildman–Crippen MR) is 140 cm³/mol. The van der Waals surface area contributed by atoms with Gasteiger partial charge in [0.1, 0.15) is 5.75 Å². The van der Waals surface area contributed by atoms with Crippen molar-refractivity contribution in [3.05, 3.63) is 86.3 Å². The van der Waals surface area contributed by atoms with Crippen LogP contribution in [-0.4, -0.2) is 18.4 Å². The quantitative estimate of drug-likeness (QED) is 0.331. The Hall–Kier alpha value is -2.64. The second-order valence-electron chi connectivity index (χ2n) is 8.73. The van der Waals surface area contributed by atoms with Crippen molar-refractivity contribution < 1.29 is 14.3 Å². The van der Waals surface area contributed by atoms with Gasteiger partial charge in [-0.2, -0.15) is 0 Å². The summed E-state index contributed by atoms with van der Waals surface area (Å²) in [4.78, 5) is 25.0. The van der Waals surface area contributed by atoms with Gasteiger partial charge in [-0.1, -0.05) is 54.9 Å². The largest absolute Gasteiger partial charge is 0.482 e. The molecule has 2 N–H and O–H groups in total. The van der Waals surface area contributed by atoms with E-state index in [1.54, 1.807) is 24.3 Å². The molecule has 3 aromatic rings. The number of amides is 2. The number of ether oxygens (including phenoxy) is 1. The molecular formula is C26H26Br2N2O3. The van der Waals surface area contributed by atoms with Crippen LogP contribution in [0.25, 0.3) is 0 Å². The van der Waals surface area contributed by atoms with E-state index < -0.39 is 0 Å². The van der Waals surface area contributed by atoms with Crippen molar-refractivity contribution >= 4 is 55.0 Å². The van der Waals surface area contributed by atoms with Crippen LogP contribution in [0.4, 0.5) is 11.4 Å². The number of carbonyl (C=O) groups is 2. The molecule has 0 heterocycles. The molecule has 0 fully saturated rings. The average molecular weight is 574 g/mol. The summed E-state index contributed by atoms with van der Waals surface area (Å²) in [6.45, 7) is 8.16. The lowest BCUT2D eigenvalue weighted by Crippen LogP contribution is -2.20. The van der Waals surface area contributed by atoms with Gasteiger partial charge in [-0.3, -0.25) is 9.59 Å². The molecule has 0 aliphatic heterocycles. The molecule has 0 aliphatic carbocycles. The Morgan fingerprint density at radius 1 is 0.909 bits per heavy atom. The van der Waals surface area contributed by atoms with Gasteiger partial charge in [0, 0.05) is 21.4 Å². The van der Waals surface area contributed by atoms with E-state index in [9.17, 15) is 9.59 Å². The first-order valence-corrected chi connectivity index (χ1v) is 12.0. The van der Waals surface area contributed by atoms with Crippen LogP contribution >= 0.6 is 31.9 Å². The van der Waals surface area contributed by atoms with Gasteiger partial charge >= 0.3 is 0 Å². The second-order valence-corrected chi connectivity index (χ2v) is 10.5. The number of halogens is 2. The highest BCUT2D eigenvalue weighted by molar-refractivity contribution is 9.11. The Morgan fingerprint density at radius 3 is 2.15 bits per heavy atom. The number of anilines is 2. The van der Waals surface area contributed by atoms with E-state index in [-0.39, 0.29) is 23.8 Å². The zero-order valence-electron chi connectivity index (χ0n) is 19.0. The molecule has 33 heavy (non-hydrogen) atoms. The Bertz CT molecular complexity index is 1150. The normalized spacial score (nSPS) is 11.1. The van der Waals surface area contributed by atoms with E-state index in [0.29, 0.717) is 22.7 Å². The van der Waals surface area contributed by atoms with Crippen LogP contribution in [0.5, 0.6) is 5.75 Å². The van der Waals surface area contributed by atoms with Crippen LogP contribution in [0.3, 0.4) is 0 Å². The lowest BCUT2D eigenvalue weighted by atomic mass is 9.87. The minimum Gasteiger partial charge on any atom is -0.482 e. The van der Waals surface area contributed by atoms with Crippen LogP contribution < -0.4 is 15.4 Å². The molecule has 0 bridgehead atoms. The first-order valence-electron chi connectivity index (χ1n) is 10.4. The molecule has 3 aromatic carbocycles. The fourth-order valence-electron chi connectivity index (χ4n) is 3.21. The zero-order valence-corrected chi connectivity index (χ0v) is 22.1. The van der Waals surface area contributed by atoms with Gasteiger partial charge in [0.2, 0.25) is 0 Å². The topological polar surface area (TPSA) is 67.4 Å². The lowest BCUT2D eigenvalue weighted by Gasteiger charge is -2.19. The minimum atomic E-state index is -0.300. The molecule has 0 unspecified atom stereocenters. The number of aryl methyl sites for hydroxylation is 1. The molecule has 0 aromatic heterocycles. The van der Waals surface area contributed by atoms with Crippen molar-refractivity contribution in [2.45, 2.75) is 33.1 Å². The van der Waals surface area contributed by atoms with Crippen molar-refractivity contribution in [3.63, 3.8) is 0 Å². The molecule has 3 rings (SSSR count). The van der Waals surface area contributed by atoms with Gasteiger partial charge < -0.3 is 15.4 Å². The van der Waals surface area contributed by atoms with E-state index in [1.165, 1.54) is 0 Å². The minimum absolute atomic E-state index is 0.0252. The maximum Gasteiger partial charge on any atom is 0.262 e. The first-order chi connectivity index (χ1) is 15.5. The third kappa shape index (κ3) is 6.92. The van der Waals surface area contributed by atoms with Gasteiger partial charge in [-0.15, -0.1) is 0 Å². The van der Waals surface area contributed by atoms with Crippen LogP contribution in [0.2, 0.25) is 0 Å². The number of hydrogen-bond acceptors (Lipinski definition) is 3. The number of carbonyl (C=O) groups excluding carboxylic acids is 2. The van der Waals surface area contributed by atoms with Gasteiger partial charge in [-0.25, -0.2) is 0 Å².